The van der Waals surface area contributed by atoms with Crippen LogP contribution in [0, 0.1) is 18.6 Å². The van der Waals surface area contributed by atoms with E-state index in [4.69, 9.17) is 0 Å². The first-order valence-corrected chi connectivity index (χ1v) is 3.41. The number of alkyl halides is 2. The van der Waals surface area contributed by atoms with Gasteiger partial charge in [-0.1, -0.05) is 0 Å². The molecule has 0 aliphatic rings. The van der Waals surface area contributed by atoms with E-state index in [1.54, 1.807) is 0 Å². The first-order chi connectivity index (χ1) is 6.00. The van der Waals surface area contributed by atoms with Gasteiger partial charge in [-0.2, -0.15) is 8.78 Å². The lowest BCUT2D eigenvalue weighted by Gasteiger charge is -2.06. The minimum Gasteiger partial charge on any atom is -0.432 e. The molecule has 0 spiro atoms. The van der Waals surface area contributed by atoms with Gasteiger partial charge < -0.3 is 4.74 Å². The zero-order valence-corrected chi connectivity index (χ0v) is 6.65. The van der Waals surface area contributed by atoms with Crippen LogP contribution in [0.4, 0.5) is 17.6 Å². The van der Waals surface area contributed by atoms with Crippen LogP contribution in [0.1, 0.15) is 5.56 Å². The van der Waals surface area contributed by atoms with E-state index >= 15 is 0 Å². The van der Waals surface area contributed by atoms with Gasteiger partial charge in [-0.3, -0.25) is 0 Å². The van der Waals surface area contributed by atoms with E-state index in [2.05, 4.69) is 4.74 Å². The predicted octanol–water partition coefficient (Wildman–Crippen LogP) is 2.87. The highest BCUT2D eigenvalue weighted by atomic mass is 19.3. The molecule has 0 amide bonds. The van der Waals surface area contributed by atoms with Crippen molar-refractivity contribution >= 4 is 0 Å². The largest absolute Gasteiger partial charge is 0.432 e. The molecule has 1 nitrogen and oxygen atoms in total. The summed E-state index contributed by atoms with van der Waals surface area (Å²) in [5.74, 6) is -2.55. The second-order valence-electron chi connectivity index (χ2n) is 2.41. The van der Waals surface area contributed by atoms with Crippen LogP contribution in [0.2, 0.25) is 0 Å². The molecule has 1 rings (SSSR count). The summed E-state index contributed by atoms with van der Waals surface area (Å²) < 4.78 is 52.5. The Morgan fingerprint density at radius 3 is 2.38 bits per heavy atom. The predicted molar refractivity (Wildman–Crippen MR) is 37.7 cm³/mol. The lowest BCUT2D eigenvalue weighted by Crippen LogP contribution is -2.04. The Balaban J connectivity index is 3.05. The Morgan fingerprint density at radius 2 is 1.85 bits per heavy atom. The third-order valence-electron chi connectivity index (χ3n) is 1.40. The third-order valence-corrected chi connectivity index (χ3v) is 1.40. The van der Waals surface area contributed by atoms with E-state index in [1.807, 2.05) is 0 Å². The van der Waals surface area contributed by atoms with Gasteiger partial charge >= 0.3 is 6.61 Å². The van der Waals surface area contributed by atoms with Crippen LogP contribution in [-0.2, 0) is 0 Å². The maximum Gasteiger partial charge on any atom is 0.387 e. The second kappa shape index (κ2) is 3.64. The van der Waals surface area contributed by atoms with Gasteiger partial charge in [0.1, 0.15) is 5.82 Å². The Bertz CT molecular complexity index is 311. The third kappa shape index (κ3) is 2.34. The second-order valence-corrected chi connectivity index (χ2v) is 2.41. The zero-order chi connectivity index (χ0) is 10.0. The molecule has 5 heteroatoms. The summed E-state index contributed by atoms with van der Waals surface area (Å²) in [5.41, 5.74) is -0.0735. The molecule has 0 saturated heterocycles. The molecule has 0 bridgehead atoms. The Labute approximate surface area is 71.9 Å². The van der Waals surface area contributed by atoms with Gasteiger partial charge in [0.15, 0.2) is 11.6 Å². The number of benzene rings is 1. The molecule has 0 N–H and O–H groups in total. The quantitative estimate of drug-likeness (QED) is 0.657. The normalized spacial score (nSPS) is 10.6. The average Bonchev–Trinajstić information content (AvgIpc) is 1.98. The van der Waals surface area contributed by atoms with Crippen LogP contribution < -0.4 is 4.74 Å². The van der Waals surface area contributed by atoms with Gasteiger partial charge in [0.05, 0.1) is 0 Å². The molecule has 1 aromatic rings. The topological polar surface area (TPSA) is 9.23 Å². The van der Waals surface area contributed by atoms with Gasteiger partial charge in [-0.05, 0) is 18.6 Å². The molecule has 13 heavy (non-hydrogen) atoms. The van der Waals surface area contributed by atoms with Crippen molar-refractivity contribution in [1.29, 1.82) is 0 Å². The van der Waals surface area contributed by atoms with Gasteiger partial charge in [-0.25, -0.2) is 8.78 Å². The number of aryl methyl sites for hydroxylation is 1. The Morgan fingerprint density at radius 1 is 1.23 bits per heavy atom. The number of hydrogen-bond donors (Lipinski definition) is 0. The van der Waals surface area contributed by atoms with Crippen LogP contribution in [0.15, 0.2) is 12.1 Å². The number of rotatable bonds is 2. The maximum absolute atomic E-state index is 12.9. The fourth-order valence-corrected chi connectivity index (χ4v) is 0.877. The first kappa shape index (κ1) is 9.83. The van der Waals surface area contributed by atoms with Gasteiger partial charge in [-0.15, -0.1) is 0 Å². The highest BCUT2D eigenvalue weighted by Gasteiger charge is 2.13. The summed E-state index contributed by atoms with van der Waals surface area (Å²) in [6, 6.07) is 1.47. The first-order valence-electron chi connectivity index (χ1n) is 3.41. The van der Waals surface area contributed by atoms with Crippen molar-refractivity contribution in [3.63, 3.8) is 0 Å². The molecule has 0 aromatic heterocycles. The average molecular weight is 194 g/mol. The molecule has 0 radical (unpaired) electrons. The summed E-state index contributed by atoms with van der Waals surface area (Å²) in [6.07, 6.45) is 0. The zero-order valence-electron chi connectivity index (χ0n) is 6.65. The molecule has 0 fully saturated rings. The van der Waals surface area contributed by atoms with Crippen molar-refractivity contribution in [2.45, 2.75) is 13.5 Å². The Kier molecular flexibility index (Phi) is 2.75. The monoisotopic (exact) mass is 194 g/mol. The van der Waals surface area contributed by atoms with E-state index in [0.717, 1.165) is 6.07 Å². The van der Waals surface area contributed by atoms with Crippen LogP contribution in [0.5, 0.6) is 5.75 Å². The molecule has 1 aromatic carbocycles. The van der Waals surface area contributed by atoms with Crippen LogP contribution in [0.25, 0.3) is 0 Å². The minimum absolute atomic E-state index is 0.0735. The summed E-state index contributed by atoms with van der Waals surface area (Å²) in [7, 11) is 0. The fraction of sp³-hybridized carbons (Fsp3) is 0.250. The van der Waals surface area contributed by atoms with Crippen LogP contribution in [-0.4, -0.2) is 6.61 Å². The highest BCUT2D eigenvalue weighted by molar-refractivity contribution is 5.31. The molecule has 0 aliphatic carbocycles. The van der Waals surface area contributed by atoms with Crippen molar-refractivity contribution in [1.82, 2.24) is 0 Å². The maximum atomic E-state index is 12.9. The highest BCUT2D eigenvalue weighted by Crippen LogP contribution is 2.23. The summed E-state index contributed by atoms with van der Waals surface area (Å²) >= 11 is 0. The molecule has 0 unspecified atom stereocenters. The van der Waals surface area contributed by atoms with E-state index < -0.39 is 24.0 Å². The van der Waals surface area contributed by atoms with Crippen LogP contribution >= 0.6 is 0 Å². The number of halogens is 4. The summed E-state index contributed by atoms with van der Waals surface area (Å²) in [4.78, 5) is 0. The molecule has 72 valence electrons. The van der Waals surface area contributed by atoms with Crippen molar-refractivity contribution < 1.29 is 22.3 Å². The fourth-order valence-electron chi connectivity index (χ4n) is 0.877. The SMILES string of the molecule is Cc1cc(F)cc(OC(F)F)c1F. The number of ether oxygens (including phenoxy) is 1. The Hall–Kier alpha value is -1.26. The smallest absolute Gasteiger partial charge is 0.387 e. The van der Waals surface area contributed by atoms with Gasteiger partial charge in [0.2, 0.25) is 0 Å². The van der Waals surface area contributed by atoms with E-state index in [-0.39, 0.29) is 5.56 Å². The molecular weight excluding hydrogens is 188 g/mol. The van der Waals surface area contributed by atoms with Crippen molar-refractivity contribution in [2.24, 2.45) is 0 Å². The van der Waals surface area contributed by atoms with Crippen LogP contribution in [0.3, 0.4) is 0 Å². The lowest BCUT2D eigenvalue weighted by atomic mass is 10.2. The van der Waals surface area contributed by atoms with Crippen molar-refractivity contribution in [3.8, 4) is 5.75 Å². The van der Waals surface area contributed by atoms with Crippen molar-refractivity contribution in [2.75, 3.05) is 0 Å². The summed E-state index contributed by atoms with van der Waals surface area (Å²) in [6.45, 7) is -1.90. The van der Waals surface area contributed by atoms with Crippen molar-refractivity contribution in [3.05, 3.63) is 29.3 Å². The molecule has 0 saturated carbocycles. The van der Waals surface area contributed by atoms with E-state index in [0.29, 0.717) is 6.07 Å². The molecule has 0 atom stereocenters. The molecule has 0 heterocycles. The van der Waals surface area contributed by atoms with Gasteiger partial charge in [0, 0.05) is 6.07 Å². The number of hydrogen-bond acceptors (Lipinski definition) is 1. The minimum atomic E-state index is -3.16. The van der Waals surface area contributed by atoms with Gasteiger partial charge in [0.25, 0.3) is 0 Å². The van der Waals surface area contributed by atoms with E-state index in [9.17, 15) is 17.6 Å². The standard InChI is InChI=1S/C8H6F4O/c1-4-2-5(9)3-6(7(4)10)13-8(11)12/h2-3,8H,1H3. The lowest BCUT2D eigenvalue weighted by molar-refractivity contribution is -0.0524. The molecule has 0 aliphatic heterocycles. The summed E-state index contributed by atoms with van der Waals surface area (Å²) in [5, 5.41) is 0. The van der Waals surface area contributed by atoms with E-state index in [1.165, 1.54) is 6.92 Å². The molecular formula is C8H6F4O.